The normalized spacial score (nSPS) is 14.3. The lowest BCUT2D eigenvalue weighted by Crippen LogP contribution is -2.51. The maximum absolute atomic E-state index is 12.8. The number of aliphatic hydroxyl groups excluding tert-OH is 1. The van der Waals surface area contributed by atoms with Crippen LogP contribution in [0.5, 0.6) is 0 Å². The highest BCUT2D eigenvalue weighted by molar-refractivity contribution is 5.90. The monoisotopic (exact) mass is 412 g/mol. The van der Waals surface area contributed by atoms with Crippen LogP contribution in [0.25, 0.3) is 0 Å². The molecule has 0 aliphatic heterocycles. The summed E-state index contributed by atoms with van der Waals surface area (Å²) in [7, 11) is 0. The van der Waals surface area contributed by atoms with Gasteiger partial charge in [-0.05, 0) is 41.0 Å². The van der Waals surface area contributed by atoms with E-state index in [1.807, 2.05) is 41.5 Å². The number of ketones is 1. The molecule has 6 nitrogen and oxygen atoms in total. The number of hydrogen-bond acceptors (Lipinski definition) is 5. The highest BCUT2D eigenvalue weighted by atomic mass is 16.5. The van der Waals surface area contributed by atoms with E-state index in [0.717, 1.165) is 5.70 Å². The van der Waals surface area contributed by atoms with Crippen molar-refractivity contribution in [3.8, 4) is 0 Å². The molecule has 3 N–H and O–H groups in total. The number of Topliss-reactive ketones (excluding diaryl/α,β-unsaturated/α-hetero) is 1. The molecule has 0 rings (SSSR count). The van der Waals surface area contributed by atoms with E-state index in [2.05, 4.69) is 31.1 Å². The minimum absolute atomic E-state index is 0.00228. The van der Waals surface area contributed by atoms with Crippen LogP contribution >= 0.6 is 0 Å². The lowest BCUT2D eigenvalue weighted by molar-refractivity contribution is -0.138. The van der Waals surface area contributed by atoms with Gasteiger partial charge in [0.15, 0.2) is 0 Å². The molecule has 0 radical (unpaired) electrons. The third kappa shape index (κ3) is 8.87. The fourth-order valence-corrected chi connectivity index (χ4v) is 3.14. The van der Waals surface area contributed by atoms with E-state index in [1.165, 1.54) is 6.92 Å². The maximum atomic E-state index is 12.8. The van der Waals surface area contributed by atoms with Crippen LogP contribution in [-0.2, 0) is 14.3 Å². The van der Waals surface area contributed by atoms with Gasteiger partial charge in [0, 0.05) is 34.5 Å². The van der Waals surface area contributed by atoms with E-state index in [0.29, 0.717) is 19.6 Å². The first kappa shape index (κ1) is 27.6. The van der Waals surface area contributed by atoms with Gasteiger partial charge in [-0.1, -0.05) is 41.2 Å². The Morgan fingerprint density at radius 2 is 1.59 bits per heavy atom. The van der Waals surface area contributed by atoms with Crippen molar-refractivity contribution in [3.05, 3.63) is 12.3 Å². The van der Waals surface area contributed by atoms with Crippen molar-refractivity contribution >= 4 is 11.7 Å². The largest absolute Gasteiger partial charge is 0.393 e. The quantitative estimate of drug-likeness (QED) is 0.403. The molecule has 0 saturated carbocycles. The van der Waals surface area contributed by atoms with Crippen molar-refractivity contribution in [1.82, 2.24) is 10.6 Å². The molecule has 1 unspecified atom stereocenters. The Hall–Kier alpha value is -1.40. The molecule has 0 heterocycles. The van der Waals surface area contributed by atoms with Gasteiger partial charge in [-0.2, -0.15) is 0 Å². The summed E-state index contributed by atoms with van der Waals surface area (Å²) < 4.78 is 5.63. The summed E-state index contributed by atoms with van der Waals surface area (Å²) in [6.07, 6.45) is 0.674. The van der Waals surface area contributed by atoms with Crippen molar-refractivity contribution in [2.75, 3.05) is 19.8 Å². The molecule has 0 aliphatic rings. The smallest absolute Gasteiger partial charge is 0.224 e. The zero-order valence-corrected chi connectivity index (χ0v) is 20.3. The number of aliphatic hydroxyl groups is 1. The van der Waals surface area contributed by atoms with Crippen LogP contribution < -0.4 is 10.6 Å². The molecule has 0 bridgehead atoms. The zero-order valence-electron chi connectivity index (χ0n) is 20.3. The van der Waals surface area contributed by atoms with Gasteiger partial charge in [0.2, 0.25) is 5.91 Å². The van der Waals surface area contributed by atoms with Crippen molar-refractivity contribution in [1.29, 1.82) is 0 Å². The second kappa shape index (κ2) is 10.1. The predicted molar refractivity (Wildman–Crippen MR) is 119 cm³/mol. The molecule has 0 fully saturated rings. The van der Waals surface area contributed by atoms with E-state index < -0.39 is 22.5 Å². The van der Waals surface area contributed by atoms with Gasteiger partial charge in [-0.25, -0.2) is 0 Å². The van der Waals surface area contributed by atoms with E-state index in [1.54, 1.807) is 6.92 Å². The van der Waals surface area contributed by atoms with Crippen LogP contribution in [0.3, 0.4) is 0 Å². The molecule has 0 aromatic heterocycles. The van der Waals surface area contributed by atoms with Gasteiger partial charge < -0.3 is 20.5 Å². The van der Waals surface area contributed by atoms with Crippen molar-refractivity contribution < 1.29 is 19.4 Å². The Morgan fingerprint density at radius 3 is 2.03 bits per heavy atom. The van der Waals surface area contributed by atoms with Crippen molar-refractivity contribution in [2.45, 2.75) is 86.8 Å². The van der Waals surface area contributed by atoms with Crippen LogP contribution in [-0.4, -0.2) is 47.7 Å². The summed E-state index contributed by atoms with van der Waals surface area (Å²) in [5.74, 6) is -0.539. The summed E-state index contributed by atoms with van der Waals surface area (Å²) in [5.41, 5.74) is -1.15. The number of rotatable bonds is 13. The fraction of sp³-hybridized carbons (Fsp3) is 0.826. The molecule has 6 heteroatoms. The topological polar surface area (TPSA) is 87.7 Å². The molecule has 0 aromatic carbocycles. The first-order valence-corrected chi connectivity index (χ1v) is 10.4. The third-order valence-electron chi connectivity index (χ3n) is 5.86. The Kier molecular flexibility index (Phi) is 9.59. The number of ether oxygens (including phenoxy) is 1. The fourth-order valence-electron chi connectivity index (χ4n) is 3.14. The Labute approximate surface area is 177 Å². The van der Waals surface area contributed by atoms with Crippen LogP contribution in [0.1, 0.15) is 75.7 Å². The van der Waals surface area contributed by atoms with Gasteiger partial charge in [0.05, 0.1) is 18.8 Å². The maximum Gasteiger partial charge on any atom is 0.224 e. The number of amides is 1. The minimum Gasteiger partial charge on any atom is -0.393 e. The SMILES string of the molecule is C=C(NCCOC(C)(C)CO)C(C)(C)CC(C)(C)NC(=O)C(C)C(C)(C)C(C)=O. The van der Waals surface area contributed by atoms with Gasteiger partial charge in [0.25, 0.3) is 0 Å². The Balaban J connectivity index is 4.84. The minimum atomic E-state index is -0.705. The van der Waals surface area contributed by atoms with Crippen LogP contribution in [0.15, 0.2) is 12.3 Å². The predicted octanol–water partition coefficient (Wildman–Crippen LogP) is 3.44. The molecule has 0 spiro atoms. The lowest BCUT2D eigenvalue weighted by Gasteiger charge is -2.39. The van der Waals surface area contributed by atoms with Crippen LogP contribution in [0, 0.1) is 16.7 Å². The summed E-state index contributed by atoms with van der Waals surface area (Å²) >= 11 is 0. The van der Waals surface area contributed by atoms with Crippen LogP contribution in [0.4, 0.5) is 0 Å². The summed E-state index contributed by atoms with van der Waals surface area (Å²) in [6.45, 7) is 23.9. The average molecular weight is 413 g/mol. The summed E-state index contributed by atoms with van der Waals surface area (Å²) in [6, 6.07) is 0. The molecule has 0 saturated heterocycles. The van der Waals surface area contributed by atoms with Crippen molar-refractivity contribution in [2.24, 2.45) is 16.7 Å². The Bertz CT molecular complexity index is 592. The molecule has 1 amide bonds. The molecular weight excluding hydrogens is 368 g/mol. The van der Waals surface area contributed by atoms with E-state index in [9.17, 15) is 14.7 Å². The third-order valence-corrected chi connectivity index (χ3v) is 5.86. The van der Waals surface area contributed by atoms with Gasteiger partial charge in [0.1, 0.15) is 5.78 Å². The molecule has 1 atom stereocenters. The number of nitrogens with one attached hydrogen (secondary N) is 2. The second-order valence-corrected chi connectivity index (χ2v) is 10.6. The molecule has 29 heavy (non-hydrogen) atoms. The Morgan fingerprint density at radius 1 is 1.07 bits per heavy atom. The van der Waals surface area contributed by atoms with E-state index in [-0.39, 0.29) is 23.7 Å². The number of carbonyl (C=O) groups excluding carboxylic acids is 2. The molecule has 0 aromatic rings. The van der Waals surface area contributed by atoms with Crippen LogP contribution in [0.2, 0.25) is 0 Å². The van der Waals surface area contributed by atoms with E-state index in [4.69, 9.17) is 4.74 Å². The first-order chi connectivity index (χ1) is 12.9. The van der Waals surface area contributed by atoms with Crippen molar-refractivity contribution in [3.63, 3.8) is 0 Å². The number of carbonyl (C=O) groups is 2. The van der Waals surface area contributed by atoms with Gasteiger partial charge >= 0.3 is 0 Å². The number of allylic oxidation sites excluding steroid dienone is 1. The molecule has 0 aliphatic carbocycles. The first-order valence-electron chi connectivity index (χ1n) is 10.4. The lowest BCUT2D eigenvalue weighted by atomic mass is 9.75. The zero-order chi connectivity index (χ0) is 23.3. The standard InChI is InChI=1S/C23H44N2O4/c1-16(23(10,11)18(3)27)19(28)25-21(6,7)14-20(4,5)17(2)24-12-13-29-22(8,9)15-26/h16,24,26H,2,12-15H2,1,3-11H3,(H,25,28). The number of hydrogen-bond donors (Lipinski definition) is 3. The average Bonchev–Trinajstić information content (AvgIpc) is 2.55. The summed E-state index contributed by atoms with van der Waals surface area (Å²) in [4.78, 5) is 24.6. The highest BCUT2D eigenvalue weighted by Crippen LogP contribution is 2.34. The summed E-state index contributed by atoms with van der Waals surface area (Å²) in [5, 5.41) is 15.6. The molecule has 170 valence electrons. The highest BCUT2D eigenvalue weighted by Gasteiger charge is 2.39. The van der Waals surface area contributed by atoms with Gasteiger partial charge in [-0.3, -0.25) is 9.59 Å². The second-order valence-electron chi connectivity index (χ2n) is 10.6. The molecular formula is C23H44N2O4. The van der Waals surface area contributed by atoms with E-state index >= 15 is 0 Å². The van der Waals surface area contributed by atoms with Gasteiger partial charge in [-0.15, -0.1) is 0 Å².